The van der Waals surface area contributed by atoms with Gasteiger partial charge in [-0.05, 0) is 33.9 Å². The van der Waals surface area contributed by atoms with E-state index in [0.29, 0.717) is 11.0 Å². The van der Waals surface area contributed by atoms with Gasteiger partial charge >= 0.3 is 5.63 Å². The third kappa shape index (κ3) is 2.67. The van der Waals surface area contributed by atoms with Crippen molar-refractivity contribution in [3.05, 3.63) is 57.9 Å². The number of rotatable bonds is 0. The summed E-state index contributed by atoms with van der Waals surface area (Å²) < 4.78 is 5.74. The number of benzene rings is 2. The smallest absolute Gasteiger partial charge is 0.344 e. The van der Waals surface area contributed by atoms with Gasteiger partial charge in [-0.3, -0.25) is 0 Å². The summed E-state index contributed by atoms with van der Waals surface area (Å²) in [5, 5.41) is 2.64. The molecule has 23 heavy (non-hydrogen) atoms. The molecule has 0 fully saturated rings. The summed E-state index contributed by atoms with van der Waals surface area (Å²) in [5.74, 6) is 0. The molecule has 1 aromatic heterocycles. The first-order valence-corrected chi connectivity index (χ1v) is 8.09. The lowest BCUT2D eigenvalue weighted by molar-refractivity contribution is 0.530. The van der Waals surface area contributed by atoms with Crippen LogP contribution in [0.2, 0.25) is 0 Å². The summed E-state index contributed by atoms with van der Waals surface area (Å²) in [6, 6.07) is 12.1. The van der Waals surface area contributed by atoms with E-state index in [4.69, 9.17) is 4.42 Å². The monoisotopic (exact) mass is 308 g/mol. The van der Waals surface area contributed by atoms with E-state index in [1.165, 1.54) is 5.56 Å². The molecule has 0 aliphatic heterocycles. The van der Waals surface area contributed by atoms with Gasteiger partial charge in [0.25, 0.3) is 0 Å². The normalized spacial score (nSPS) is 13.0. The minimum Gasteiger partial charge on any atom is -0.422 e. The van der Waals surface area contributed by atoms with Gasteiger partial charge in [-0.15, -0.1) is 0 Å². The quantitative estimate of drug-likeness (QED) is 0.403. The number of hydrogen-bond donors (Lipinski definition) is 0. The van der Waals surface area contributed by atoms with Gasteiger partial charge in [0.2, 0.25) is 0 Å². The fourth-order valence-electron chi connectivity index (χ4n) is 2.97. The van der Waals surface area contributed by atoms with E-state index in [9.17, 15) is 4.79 Å². The van der Waals surface area contributed by atoms with E-state index in [1.807, 2.05) is 24.3 Å². The molecule has 0 atom stereocenters. The van der Waals surface area contributed by atoms with E-state index in [0.717, 1.165) is 16.3 Å². The molecule has 3 aromatic rings. The molecule has 2 aromatic carbocycles. The standard InChI is InChI=1S/C21H24O2/c1-20(2,3)13-11-16-14-9-7-8-10-15(14)19(22)23-18(16)17(12-13)21(4,5)6/h7-12H,1-6H3. The van der Waals surface area contributed by atoms with E-state index in [-0.39, 0.29) is 16.5 Å². The summed E-state index contributed by atoms with van der Waals surface area (Å²) in [5.41, 5.74) is 2.73. The average molecular weight is 308 g/mol. The minimum absolute atomic E-state index is 0.0332. The van der Waals surface area contributed by atoms with Crippen molar-refractivity contribution in [2.45, 2.75) is 52.4 Å². The molecule has 0 saturated carbocycles. The Balaban J connectivity index is 2.58. The highest BCUT2D eigenvalue weighted by Crippen LogP contribution is 2.36. The zero-order chi connectivity index (χ0) is 17.0. The molecule has 0 amide bonds. The molecule has 120 valence electrons. The van der Waals surface area contributed by atoms with E-state index < -0.39 is 0 Å². The van der Waals surface area contributed by atoms with Crippen molar-refractivity contribution in [1.82, 2.24) is 0 Å². The van der Waals surface area contributed by atoms with Crippen LogP contribution >= 0.6 is 0 Å². The third-order valence-corrected chi connectivity index (χ3v) is 4.39. The molecule has 0 N–H and O–H groups in total. The lowest BCUT2D eigenvalue weighted by atomic mass is 9.79. The van der Waals surface area contributed by atoms with Crippen LogP contribution in [0, 0.1) is 0 Å². The molecule has 0 radical (unpaired) electrons. The van der Waals surface area contributed by atoms with Crippen LogP contribution in [0.4, 0.5) is 0 Å². The lowest BCUT2D eigenvalue weighted by Gasteiger charge is -2.26. The second-order valence-corrected chi connectivity index (χ2v) is 8.34. The highest BCUT2D eigenvalue weighted by Gasteiger charge is 2.24. The highest BCUT2D eigenvalue weighted by atomic mass is 16.4. The lowest BCUT2D eigenvalue weighted by Crippen LogP contribution is -2.17. The molecule has 0 aliphatic rings. The topological polar surface area (TPSA) is 30.2 Å². The van der Waals surface area contributed by atoms with Gasteiger partial charge < -0.3 is 4.42 Å². The summed E-state index contributed by atoms with van der Waals surface area (Å²) in [6.07, 6.45) is 0. The van der Waals surface area contributed by atoms with Crippen molar-refractivity contribution in [3.63, 3.8) is 0 Å². The Hall–Kier alpha value is -2.09. The highest BCUT2D eigenvalue weighted by molar-refractivity contribution is 6.05. The fourth-order valence-corrected chi connectivity index (χ4v) is 2.97. The maximum absolute atomic E-state index is 12.4. The number of hydrogen-bond acceptors (Lipinski definition) is 2. The largest absolute Gasteiger partial charge is 0.422 e. The molecule has 0 saturated heterocycles. The summed E-state index contributed by atoms with van der Waals surface area (Å²) in [4.78, 5) is 12.4. The van der Waals surface area contributed by atoms with E-state index in [2.05, 4.69) is 53.7 Å². The van der Waals surface area contributed by atoms with Crippen LogP contribution in [0.15, 0.2) is 45.6 Å². The van der Waals surface area contributed by atoms with Gasteiger partial charge in [-0.1, -0.05) is 65.8 Å². The van der Waals surface area contributed by atoms with Crippen molar-refractivity contribution >= 4 is 21.7 Å². The predicted octanol–water partition coefficient (Wildman–Crippen LogP) is 5.54. The fraction of sp³-hybridized carbons (Fsp3) is 0.381. The number of fused-ring (bicyclic) bond motifs is 3. The first-order chi connectivity index (χ1) is 10.6. The first kappa shape index (κ1) is 15.8. The SMILES string of the molecule is CC(C)(C)c1cc(C(C)(C)C)c2oc(=O)c3ccccc3c2c1. The van der Waals surface area contributed by atoms with Gasteiger partial charge in [0.05, 0.1) is 5.39 Å². The second kappa shape index (κ2) is 4.95. The minimum atomic E-state index is -0.262. The van der Waals surface area contributed by atoms with E-state index >= 15 is 0 Å². The second-order valence-electron chi connectivity index (χ2n) is 8.34. The molecule has 0 bridgehead atoms. The van der Waals surface area contributed by atoms with Gasteiger partial charge in [0, 0.05) is 10.9 Å². The Morgan fingerprint density at radius 2 is 1.39 bits per heavy atom. The van der Waals surface area contributed by atoms with Crippen molar-refractivity contribution in [2.24, 2.45) is 0 Å². The Bertz CT molecular complexity index is 948. The summed E-state index contributed by atoms with van der Waals surface area (Å²) >= 11 is 0. The zero-order valence-corrected chi connectivity index (χ0v) is 14.8. The average Bonchev–Trinajstić information content (AvgIpc) is 2.44. The van der Waals surface area contributed by atoms with Gasteiger partial charge in [0.1, 0.15) is 5.58 Å². The maximum atomic E-state index is 12.4. The van der Waals surface area contributed by atoms with Crippen LogP contribution in [0.1, 0.15) is 52.7 Å². The molecule has 2 nitrogen and oxygen atoms in total. The van der Waals surface area contributed by atoms with E-state index in [1.54, 1.807) is 0 Å². The molecule has 0 aliphatic carbocycles. The van der Waals surface area contributed by atoms with Crippen molar-refractivity contribution in [2.75, 3.05) is 0 Å². The van der Waals surface area contributed by atoms with Gasteiger partial charge in [-0.2, -0.15) is 0 Å². The third-order valence-electron chi connectivity index (χ3n) is 4.39. The first-order valence-electron chi connectivity index (χ1n) is 8.09. The molecule has 0 unspecified atom stereocenters. The Labute approximate surface area is 137 Å². The molecule has 2 heteroatoms. The molecule has 3 rings (SSSR count). The Kier molecular flexibility index (Phi) is 3.40. The van der Waals surface area contributed by atoms with Gasteiger partial charge in [-0.25, -0.2) is 4.79 Å². The molecule has 1 heterocycles. The molecular weight excluding hydrogens is 284 g/mol. The van der Waals surface area contributed by atoms with Crippen LogP contribution in [-0.2, 0) is 10.8 Å². The molecular formula is C21H24O2. The summed E-state index contributed by atoms with van der Waals surface area (Å²) in [6.45, 7) is 13.1. The van der Waals surface area contributed by atoms with Crippen LogP contribution < -0.4 is 5.63 Å². The van der Waals surface area contributed by atoms with Crippen LogP contribution in [0.5, 0.6) is 0 Å². The van der Waals surface area contributed by atoms with Crippen LogP contribution in [0.25, 0.3) is 21.7 Å². The van der Waals surface area contributed by atoms with Crippen molar-refractivity contribution in [3.8, 4) is 0 Å². The van der Waals surface area contributed by atoms with Crippen molar-refractivity contribution < 1.29 is 4.42 Å². The van der Waals surface area contributed by atoms with Crippen LogP contribution in [0.3, 0.4) is 0 Å². The molecule has 0 spiro atoms. The predicted molar refractivity (Wildman–Crippen MR) is 97.4 cm³/mol. The Morgan fingerprint density at radius 3 is 1.96 bits per heavy atom. The zero-order valence-electron chi connectivity index (χ0n) is 14.8. The van der Waals surface area contributed by atoms with Crippen molar-refractivity contribution in [1.29, 1.82) is 0 Å². The van der Waals surface area contributed by atoms with Crippen LogP contribution in [-0.4, -0.2) is 0 Å². The Morgan fingerprint density at radius 1 is 0.783 bits per heavy atom. The van der Waals surface area contributed by atoms with Gasteiger partial charge in [0.15, 0.2) is 0 Å². The summed E-state index contributed by atoms with van der Waals surface area (Å²) in [7, 11) is 0. The maximum Gasteiger partial charge on any atom is 0.344 e.